The number of aromatic nitrogens is 3. The van der Waals surface area contributed by atoms with Gasteiger partial charge in [0.25, 0.3) is 5.71 Å². The van der Waals surface area contributed by atoms with Crippen LogP contribution in [0.3, 0.4) is 0 Å². The third-order valence-corrected chi connectivity index (χ3v) is 3.92. The summed E-state index contributed by atoms with van der Waals surface area (Å²) in [6.07, 6.45) is 1.45. The second kappa shape index (κ2) is 5.69. The maximum Gasteiger partial charge on any atom is 0.263 e. The number of nitrogens with one attached hydrogen (secondary N) is 1. The average molecular weight is 349 g/mol. The van der Waals surface area contributed by atoms with Crippen molar-refractivity contribution in [3.8, 4) is 5.75 Å². The first-order valence-electron chi connectivity index (χ1n) is 6.32. The monoisotopic (exact) mass is 348 g/mol. The molecule has 0 bridgehead atoms. The Kier molecular flexibility index (Phi) is 3.74. The van der Waals surface area contributed by atoms with E-state index in [1.165, 1.54) is 6.33 Å². The molecule has 0 radical (unpaired) electrons. The Morgan fingerprint density at radius 2 is 2.19 bits per heavy atom. The maximum atomic E-state index is 5.24. The molecule has 1 aromatic carbocycles. The molecule has 0 atom stereocenters. The van der Waals surface area contributed by atoms with Crippen LogP contribution >= 0.6 is 15.9 Å². The van der Waals surface area contributed by atoms with Crippen molar-refractivity contribution in [1.82, 2.24) is 15.1 Å². The van der Waals surface area contributed by atoms with Crippen LogP contribution in [-0.2, 0) is 6.54 Å². The Labute approximate surface area is 129 Å². The first-order valence-corrected chi connectivity index (χ1v) is 7.11. The first-order chi connectivity index (χ1) is 10.2. The van der Waals surface area contributed by atoms with E-state index >= 15 is 0 Å². The van der Waals surface area contributed by atoms with Crippen molar-refractivity contribution in [2.45, 2.75) is 13.5 Å². The molecule has 0 saturated carbocycles. The first kappa shape index (κ1) is 13.8. The van der Waals surface area contributed by atoms with E-state index in [0.717, 1.165) is 26.9 Å². The molecule has 2 aromatic heterocycles. The summed E-state index contributed by atoms with van der Waals surface area (Å²) in [6.45, 7) is 2.45. The van der Waals surface area contributed by atoms with Crippen LogP contribution in [0.1, 0.15) is 11.3 Å². The van der Waals surface area contributed by atoms with Gasteiger partial charge >= 0.3 is 0 Å². The molecule has 0 unspecified atom stereocenters. The van der Waals surface area contributed by atoms with Gasteiger partial charge in [0.05, 0.1) is 12.8 Å². The minimum Gasteiger partial charge on any atom is -0.497 e. The molecule has 6 nitrogen and oxygen atoms in total. The molecular formula is C14H13BrN4O2. The average Bonchev–Trinajstić information content (AvgIpc) is 2.89. The number of nitrogens with zero attached hydrogens (tertiary/aromatic N) is 3. The molecular weight excluding hydrogens is 336 g/mol. The number of benzene rings is 1. The normalized spacial score (nSPS) is 10.8. The van der Waals surface area contributed by atoms with Gasteiger partial charge in [-0.05, 0) is 30.7 Å². The Bertz CT molecular complexity index is 788. The molecule has 0 aliphatic carbocycles. The predicted molar refractivity (Wildman–Crippen MR) is 82.4 cm³/mol. The molecule has 21 heavy (non-hydrogen) atoms. The van der Waals surface area contributed by atoms with Crippen LogP contribution in [-0.4, -0.2) is 22.2 Å². The summed E-state index contributed by atoms with van der Waals surface area (Å²) in [7, 11) is 1.65. The van der Waals surface area contributed by atoms with Gasteiger partial charge in [-0.1, -0.05) is 21.1 Å². The fraction of sp³-hybridized carbons (Fsp3) is 0.214. The van der Waals surface area contributed by atoms with Crippen LogP contribution in [0.25, 0.3) is 11.1 Å². The van der Waals surface area contributed by atoms with Crippen molar-refractivity contribution in [3.63, 3.8) is 0 Å². The summed E-state index contributed by atoms with van der Waals surface area (Å²) < 4.78 is 11.4. The quantitative estimate of drug-likeness (QED) is 0.779. The summed E-state index contributed by atoms with van der Waals surface area (Å²) in [4.78, 5) is 8.31. The molecule has 3 aromatic rings. The lowest BCUT2D eigenvalue weighted by atomic mass is 10.2. The van der Waals surface area contributed by atoms with Gasteiger partial charge in [0.2, 0.25) is 0 Å². The Hall–Kier alpha value is -2.15. The van der Waals surface area contributed by atoms with Crippen LogP contribution in [0.2, 0.25) is 0 Å². The third kappa shape index (κ3) is 2.69. The zero-order chi connectivity index (χ0) is 14.8. The lowest BCUT2D eigenvalue weighted by Gasteiger charge is -2.09. The van der Waals surface area contributed by atoms with E-state index in [-0.39, 0.29) is 0 Å². The molecule has 7 heteroatoms. The minimum atomic E-state index is 0.481. The van der Waals surface area contributed by atoms with Crippen molar-refractivity contribution in [2.24, 2.45) is 0 Å². The molecule has 108 valence electrons. The zero-order valence-corrected chi connectivity index (χ0v) is 13.1. The summed E-state index contributed by atoms with van der Waals surface area (Å²) in [5.41, 5.74) is 2.31. The fourth-order valence-electron chi connectivity index (χ4n) is 2.05. The van der Waals surface area contributed by atoms with Crippen LogP contribution in [0.5, 0.6) is 5.75 Å². The number of halogens is 1. The largest absolute Gasteiger partial charge is 0.497 e. The molecule has 0 saturated heterocycles. The topological polar surface area (TPSA) is 73.1 Å². The van der Waals surface area contributed by atoms with Gasteiger partial charge in [-0.3, -0.25) is 0 Å². The Morgan fingerprint density at radius 1 is 1.33 bits per heavy atom. The van der Waals surface area contributed by atoms with Crippen molar-refractivity contribution in [1.29, 1.82) is 0 Å². The van der Waals surface area contributed by atoms with Gasteiger partial charge < -0.3 is 14.6 Å². The molecule has 0 amide bonds. The molecule has 2 heterocycles. The number of anilines is 1. The van der Waals surface area contributed by atoms with Crippen molar-refractivity contribution >= 4 is 32.8 Å². The lowest BCUT2D eigenvalue weighted by molar-refractivity contribution is 0.414. The number of hydrogen-bond acceptors (Lipinski definition) is 6. The number of fused-ring (bicyclic) bond motifs is 1. The summed E-state index contributed by atoms with van der Waals surface area (Å²) in [5.74, 6) is 1.51. The highest BCUT2D eigenvalue weighted by atomic mass is 79.9. The maximum absolute atomic E-state index is 5.24. The second-order valence-corrected chi connectivity index (χ2v) is 5.34. The van der Waals surface area contributed by atoms with Gasteiger partial charge in [0.1, 0.15) is 23.3 Å². The highest BCUT2D eigenvalue weighted by Crippen LogP contribution is 2.26. The summed E-state index contributed by atoms with van der Waals surface area (Å²) in [5, 5.41) is 8.00. The highest BCUT2D eigenvalue weighted by Gasteiger charge is 2.12. The van der Waals surface area contributed by atoms with E-state index in [1.54, 1.807) is 7.11 Å². The second-order valence-electron chi connectivity index (χ2n) is 4.48. The molecule has 0 aliphatic rings. The van der Waals surface area contributed by atoms with Gasteiger partial charge in [-0.2, -0.15) is 4.98 Å². The Morgan fingerprint density at radius 3 is 3.00 bits per heavy atom. The number of methoxy groups -OCH3 is 1. The van der Waals surface area contributed by atoms with Crippen LogP contribution in [0.15, 0.2) is 33.5 Å². The van der Waals surface area contributed by atoms with Crippen LogP contribution in [0.4, 0.5) is 5.82 Å². The van der Waals surface area contributed by atoms with Gasteiger partial charge in [-0.25, -0.2) is 4.98 Å². The van der Waals surface area contributed by atoms with Crippen LogP contribution < -0.4 is 10.1 Å². The SMILES string of the molecule is COc1ccc(Br)c(CNc2ncnc3onc(C)c23)c1. The van der Waals surface area contributed by atoms with E-state index in [4.69, 9.17) is 9.26 Å². The van der Waals surface area contributed by atoms with Crippen molar-refractivity contribution in [2.75, 3.05) is 12.4 Å². The number of aryl methyl sites for hydroxylation is 1. The van der Waals surface area contributed by atoms with E-state index in [9.17, 15) is 0 Å². The number of ether oxygens (including phenoxy) is 1. The predicted octanol–water partition coefficient (Wildman–Crippen LogP) is 3.31. The van der Waals surface area contributed by atoms with E-state index in [1.807, 2.05) is 25.1 Å². The number of rotatable bonds is 4. The van der Waals surface area contributed by atoms with E-state index in [0.29, 0.717) is 18.1 Å². The molecule has 0 spiro atoms. The molecule has 0 aliphatic heterocycles. The smallest absolute Gasteiger partial charge is 0.263 e. The van der Waals surface area contributed by atoms with Crippen molar-refractivity contribution in [3.05, 3.63) is 40.3 Å². The van der Waals surface area contributed by atoms with Crippen molar-refractivity contribution < 1.29 is 9.26 Å². The van der Waals surface area contributed by atoms with Gasteiger partial charge in [0.15, 0.2) is 0 Å². The fourth-order valence-corrected chi connectivity index (χ4v) is 2.44. The summed E-state index contributed by atoms with van der Waals surface area (Å²) in [6, 6.07) is 5.83. The van der Waals surface area contributed by atoms with Gasteiger partial charge in [0, 0.05) is 11.0 Å². The highest BCUT2D eigenvalue weighted by molar-refractivity contribution is 9.10. The lowest BCUT2D eigenvalue weighted by Crippen LogP contribution is -2.03. The summed E-state index contributed by atoms with van der Waals surface area (Å²) >= 11 is 3.53. The third-order valence-electron chi connectivity index (χ3n) is 3.14. The van der Waals surface area contributed by atoms with Crippen LogP contribution in [0, 0.1) is 6.92 Å². The Balaban J connectivity index is 1.88. The molecule has 3 rings (SSSR count). The number of hydrogen-bond donors (Lipinski definition) is 1. The standard InChI is InChI=1S/C14H13BrN4O2/c1-8-12-13(17-7-18-14(12)21-19-8)16-6-9-5-10(20-2)3-4-11(9)15/h3-5,7H,6H2,1-2H3,(H,16,17,18). The minimum absolute atomic E-state index is 0.481. The molecule has 0 fully saturated rings. The van der Waals surface area contributed by atoms with E-state index in [2.05, 4.69) is 36.4 Å². The van der Waals surface area contributed by atoms with Gasteiger partial charge in [-0.15, -0.1) is 0 Å². The molecule has 1 N–H and O–H groups in total. The van der Waals surface area contributed by atoms with E-state index < -0.39 is 0 Å². The zero-order valence-electron chi connectivity index (χ0n) is 11.6.